The number of hydrogen-bond acceptors (Lipinski definition) is 5. The van der Waals surface area contributed by atoms with E-state index in [4.69, 9.17) is 0 Å². The first-order valence-electron chi connectivity index (χ1n) is 10.6. The van der Waals surface area contributed by atoms with E-state index in [0.29, 0.717) is 29.0 Å². The summed E-state index contributed by atoms with van der Waals surface area (Å²) in [6.07, 6.45) is 0.135. The predicted octanol–water partition coefficient (Wildman–Crippen LogP) is 4.15. The highest BCUT2D eigenvalue weighted by atomic mass is 16.6. The standard InChI is InChI=1S/C25H22N4O5/c1-16-13-21(29(33)34)11-12-22(16)27-24(31)17-7-9-19(10-8-17)26-25(32)18-14-23(30)28(15-18)20-5-3-2-4-6-20/h2-13,18H,14-15H2,1H3,(H,26,32)(H,27,31). The number of nitro groups is 1. The fraction of sp³-hybridized carbons (Fsp3) is 0.160. The third-order valence-corrected chi connectivity index (χ3v) is 5.65. The number of nitrogens with one attached hydrogen (secondary N) is 2. The van der Waals surface area contributed by atoms with E-state index in [2.05, 4.69) is 10.6 Å². The molecule has 0 aliphatic carbocycles. The van der Waals surface area contributed by atoms with Crippen molar-refractivity contribution in [1.82, 2.24) is 0 Å². The van der Waals surface area contributed by atoms with Gasteiger partial charge < -0.3 is 15.5 Å². The lowest BCUT2D eigenvalue weighted by atomic mass is 10.1. The number of anilines is 3. The molecule has 1 unspecified atom stereocenters. The smallest absolute Gasteiger partial charge is 0.269 e. The van der Waals surface area contributed by atoms with Gasteiger partial charge in [0.25, 0.3) is 11.6 Å². The molecule has 1 aliphatic rings. The molecule has 0 saturated carbocycles. The van der Waals surface area contributed by atoms with Crippen LogP contribution in [0.2, 0.25) is 0 Å². The first kappa shape index (κ1) is 22.7. The maximum Gasteiger partial charge on any atom is 0.269 e. The van der Waals surface area contributed by atoms with Crippen LogP contribution in [0.4, 0.5) is 22.7 Å². The molecule has 3 aromatic rings. The first-order valence-corrected chi connectivity index (χ1v) is 10.6. The molecule has 1 atom stereocenters. The van der Waals surface area contributed by atoms with Crippen LogP contribution in [0.15, 0.2) is 72.8 Å². The Morgan fingerprint density at radius 2 is 1.71 bits per heavy atom. The molecule has 0 bridgehead atoms. The Hall–Kier alpha value is -4.53. The molecule has 3 amide bonds. The average molecular weight is 458 g/mol. The van der Waals surface area contributed by atoms with E-state index in [1.165, 1.54) is 18.2 Å². The number of aryl methyl sites for hydroxylation is 1. The van der Waals surface area contributed by atoms with Gasteiger partial charge >= 0.3 is 0 Å². The molecule has 34 heavy (non-hydrogen) atoms. The topological polar surface area (TPSA) is 122 Å². The number of hydrogen-bond donors (Lipinski definition) is 2. The molecule has 1 heterocycles. The summed E-state index contributed by atoms with van der Waals surface area (Å²) in [4.78, 5) is 49.6. The molecular formula is C25H22N4O5. The predicted molar refractivity (Wildman–Crippen MR) is 128 cm³/mol. The highest BCUT2D eigenvalue weighted by Crippen LogP contribution is 2.26. The van der Waals surface area contributed by atoms with Gasteiger partial charge in [0.15, 0.2) is 0 Å². The normalized spacial score (nSPS) is 15.1. The van der Waals surface area contributed by atoms with Gasteiger partial charge in [-0.2, -0.15) is 0 Å². The largest absolute Gasteiger partial charge is 0.326 e. The number of benzene rings is 3. The van der Waals surface area contributed by atoms with Crippen LogP contribution in [0, 0.1) is 23.0 Å². The molecule has 2 N–H and O–H groups in total. The quantitative estimate of drug-likeness (QED) is 0.425. The second-order valence-corrected chi connectivity index (χ2v) is 8.02. The van der Waals surface area contributed by atoms with Crippen LogP contribution in [0.3, 0.4) is 0 Å². The van der Waals surface area contributed by atoms with Gasteiger partial charge in [0.2, 0.25) is 11.8 Å². The van der Waals surface area contributed by atoms with Crippen molar-refractivity contribution >= 4 is 40.5 Å². The number of rotatable bonds is 6. The maximum absolute atomic E-state index is 12.7. The zero-order chi connectivity index (χ0) is 24.2. The molecule has 0 spiro atoms. The van der Waals surface area contributed by atoms with Crippen molar-refractivity contribution in [3.63, 3.8) is 0 Å². The molecule has 9 heteroatoms. The van der Waals surface area contributed by atoms with Crippen molar-refractivity contribution in [3.05, 3.63) is 94.0 Å². The van der Waals surface area contributed by atoms with E-state index in [-0.39, 0.29) is 29.8 Å². The van der Waals surface area contributed by atoms with E-state index in [0.717, 1.165) is 5.69 Å². The lowest BCUT2D eigenvalue weighted by Crippen LogP contribution is -2.28. The van der Waals surface area contributed by atoms with Crippen LogP contribution in [-0.4, -0.2) is 29.2 Å². The highest BCUT2D eigenvalue weighted by molar-refractivity contribution is 6.06. The van der Waals surface area contributed by atoms with Gasteiger partial charge in [-0.25, -0.2) is 0 Å². The van der Waals surface area contributed by atoms with Gasteiger partial charge in [-0.05, 0) is 55.0 Å². The molecule has 4 rings (SSSR count). The lowest BCUT2D eigenvalue weighted by molar-refractivity contribution is -0.384. The number of para-hydroxylation sites is 1. The van der Waals surface area contributed by atoms with E-state index in [1.54, 1.807) is 36.1 Å². The van der Waals surface area contributed by atoms with Crippen molar-refractivity contribution in [3.8, 4) is 0 Å². The monoisotopic (exact) mass is 458 g/mol. The summed E-state index contributed by atoms with van der Waals surface area (Å²) < 4.78 is 0. The molecule has 1 fully saturated rings. The van der Waals surface area contributed by atoms with Crippen LogP contribution < -0.4 is 15.5 Å². The number of amides is 3. The van der Waals surface area contributed by atoms with E-state index in [1.807, 2.05) is 30.3 Å². The summed E-state index contributed by atoms with van der Waals surface area (Å²) in [6.45, 7) is 1.98. The van der Waals surface area contributed by atoms with Crippen molar-refractivity contribution < 1.29 is 19.3 Å². The van der Waals surface area contributed by atoms with Gasteiger partial charge in [-0.3, -0.25) is 24.5 Å². The van der Waals surface area contributed by atoms with E-state index >= 15 is 0 Å². The molecule has 1 saturated heterocycles. The average Bonchev–Trinajstić information content (AvgIpc) is 3.23. The molecule has 1 aliphatic heterocycles. The number of carbonyl (C=O) groups excluding carboxylic acids is 3. The van der Waals surface area contributed by atoms with Gasteiger partial charge in [-0.15, -0.1) is 0 Å². The maximum atomic E-state index is 12.7. The molecule has 3 aromatic carbocycles. The molecule has 172 valence electrons. The first-order chi connectivity index (χ1) is 16.3. The minimum absolute atomic E-state index is 0.0496. The van der Waals surface area contributed by atoms with E-state index in [9.17, 15) is 24.5 Å². The van der Waals surface area contributed by atoms with Crippen LogP contribution in [0.5, 0.6) is 0 Å². The van der Waals surface area contributed by atoms with Crippen molar-refractivity contribution in [1.29, 1.82) is 0 Å². The Kier molecular flexibility index (Phi) is 6.35. The van der Waals surface area contributed by atoms with Crippen LogP contribution >= 0.6 is 0 Å². The fourth-order valence-corrected chi connectivity index (χ4v) is 3.79. The zero-order valence-corrected chi connectivity index (χ0v) is 18.4. The van der Waals surface area contributed by atoms with Crippen LogP contribution in [0.1, 0.15) is 22.3 Å². The Morgan fingerprint density at radius 1 is 1.00 bits per heavy atom. The number of nitro benzene ring substituents is 1. The van der Waals surface area contributed by atoms with Gasteiger partial charge in [0, 0.05) is 47.7 Å². The fourth-order valence-electron chi connectivity index (χ4n) is 3.79. The summed E-state index contributed by atoms with van der Waals surface area (Å²) in [5.74, 6) is -1.21. The third-order valence-electron chi connectivity index (χ3n) is 5.65. The second-order valence-electron chi connectivity index (χ2n) is 8.02. The van der Waals surface area contributed by atoms with Crippen LogP contribution in [-0.2, 0) is 9.59 Å². The molecule has 9 nitrogen and oxygen atoms in total. The Bertz CT molecular complexity index is 1260. The van der Waals surface area contributed by atoms with Gasteiger partial charge in [0.1, 0.15) is 0 Å². The van der Waals surface area contributed by atoms with Crippen molar-refractivity contribution in [2.45, 2.75) is 13.3 Å². The Balaban J connectivity index is 1.36. The minimum atomic E-state index is -0.494. The zero-order valence-electron chi connectivity index (χ0n) is 18.4. The number of non-ortho nitro benzene ring substituents is 1. The number of nitrogens with zero attached hydrogens (tertiary/aromatic N) is 2. The lowest BCUT2D eigenvalue weighted by Gasteiger charge is -2.16. The summed E-state index contributed by atoms with van der Waals surface area (Å²) in [6, 6.07) is 19.8. The summed E-state index contributed by atoms with van der Waals surface area (Å²) in [5, 5.41) is 16.4. The van der Waals surface area contributed by atoms with Crippen molar-refractivity contribution in [2.24, 2.45) is 5.92 Å². The molecule has 0 aromatic heterocycles. The van der Waals surface area contributed by atoms with Gasteiger partial charge in [-0.1, -0.05) is 18.2 Å². The summed E-state index contributed by atoms with van der Waals surface area (Å²) >= 11 is 0. The van der Waals surface area contributed by atoms with Crippen LogP contribution in [0.25, 0.3) is 0 Å². The van der Waals surface area contributed by atoms with E-state index < -0.39 is 10.8 Å². The Morgan fingerprint density at radius 3 is 2.35 bits per heavy atom. The summed E-state index contributed by atoms with van der Waals surface area (Å²) in [7, 11) is 0. The minimum Gasteiger partial charge on any atom is -0.326 e. The summed E-state index contributed by atoms with van der Waals surface area (Å²) in [5.41, 5.74) is 2.64. The highest BCUT2D eigenvalue weighted by Gasteiger charge is 2.35. The van der Waals surface area contributed by atoms with Crippen molar-refractivity contribution in [2.75, 3.05) is 22.1 Å². The second kappa shape index (κ2) is 9.53. The SMILES string of the molecule is Cc1cc([N+](=O)[O-])ccc1NC(=O)c1ccc(NC(=O)C2CC(=O)N(c3ccccc3)C2)cc1. The van der Waals surface area contributed by atoms with Gasteiger partial charge in [0.05, 0.1) is 10.8 Å². The molecule has 0 radical (unpaired) electrons. The molecular weight excluding hydrogens is 436 g/mol. The third kappa shape index (κ3) is 4.93. The Labute approximate surface area is 195 Å². The number of carbonyl (C=O) groups is 3.